The van der Waals surface area contributed by atoms with Gasteiger partial charge in [0.05, 0.1) is 11.4 Å². The van der Waals surface area contributed by atoms with E-state index >= 15 is 0 Å². The number of rotatable bonds is 4. The third-order valence-electron chi connectivity index (χ3n) is 5.82. The number of hydrogen-bond acceptors (Lipinski definition) is 3. The third-order valence-corrected chi connectivity index (χ3v) is 5.82. The summed E-state index contributed by atoms with van der Waals surface area (Å²) in [5.74, 6) is 0.578. The van der Waals surface area contributed by atoms with Crippen molar-refractivity contribution in [1.29, 1.82) is 0 Å². The number of aromatic nitrogens is 5. The summed E-state index contributed by atoms with van der Waals surface area (Å²) in [4.78, 5) is 30.8. The van der Waals surface area contributed by atoms with E-state index in [1.54, 1.807) is 17.5 Å². The van der Waals surface area contributed by atoms with Crippen LogP contribution in [0.4, 0.5) is 0 Å². The zero-order chi connectivity index (χ0) is 22.6. The van der Waals surface area contributed by atoms with Gasteiger partial charge >= 0.3 is 5.69 Å². The minimum absolute atomic E-state index is 0.137. The van der Waals surface area contributed by atoms with Crippen LogP contribution in [-0.2, 0) is 13.6 Å². The maximum Gasteiger partial charge on any atom is 0.332 e. The molecular formula is C25H23N5O2. The fraction of sp³-hybridized carbons (Fsp3) is 0.160. The summed E-state index contributed by atoms with van der Waals surface area (Å²) < 4.78 is 6.44. The molecule has 0 radical (unpaired) electrons. The maximum atomic E-state index is 13.3. The normalized spacial score (nSPS) is 11.5. The van der Waals surface area contributed by atoms with Gasteiger partial charge in [0.15, 0.2) is 11.2 Å². The lowest BCUT2D eigenvalue weighted by molar-refractivity contribution is 0.667. The van der Waals surface area contributed by atoms with Crippen molar-refractivity contribution in [3.05, 3.63) is 99.3 Å². The van der Waals surface area contributed by atoms with Crippen molar-refractivity contribution in [2.24, 2.45) is 7.05 Å². The van der Waals surface area contributed by atoms with Crippen molar-refractivity contribution in [2.45, 2.75) is 20.4 Å². The Bertz CT molecular complexity index is 1630. The highest BCUT2D eigenvalue weighted by Gasteiger charge is 2.22. The fourth-order valence-electron chi connectivity index (χ4n) is 4.29. The first-order valence-electron chi connectivity index (χ1n) is 10.4. The molecule has 7 heteroatoms. The molecule has 0 unspecified atom stereocenters. The minimum Gasteiger partial charge on any atom is -0.279 e. The molecule has 5 aromatic rings. The topological polar surface area (TPSA) is 66.2 Å². The molecule has 5 rings (SSSR count). The average Bonchev–Trinajstić information content (AvgIpc) is 3.33. The molecule has 0 saturated heterocycles. The number of nitrogens with zero attached hydrogens (tertiary/aromatic N) is 5. The van der Waals surface area contributed by atoms with Crippen LogP contribution >= 0.6 is 0 Å². The Balaban J connectivity index is 1.97. The highest BCUT2D eigenvalue weighted by molar-refractivity contribution is 5.79. The summed E-state index contributed by atoms with van der Waals surface area (Å²) in [6.07, 6.45) is 3.46. The summed E-state index contributed by atoms with van der Waals surface area (Å²) in [5, 5.41) is 0. The summed E-state index contributed by atoms with van der Waals surface area (Å²) in [7, 11) is 1.63. The molecule has 3 heterocycles. The number of benzene rings is 2. The van der Waals surface area contributed by atoms with Crippen LogP contribution in [-0.4, -0.2) is 23.1 Å². The van der Waals surface area contributed by atoms with E-state index in [4.69, 9.17) is 4.98 Å². The van der Waals surface area contributed by atoms with Crippen LogP contribution in [0, 0.1) is 13.8 Å². The molecule has 160 valence electrons. The molecule has 0 atom stereocenters. The third kappa shape index (κ3) is 2.78. The van der Waals surface area contributed by atoms with Crippen molar-refractivity contribution in [3.8, 4) is 16.9 Å². The lowest BCUT2D eigenvalue weighted by Gasteiger charge is -2.12. The monoisotopic (exact) mass is 425 g/mol. The second-order valence-corrected chi connectivity index (χ2v) is 8.01. The summed E-state index contributed by atoms with van der Waals surface area (Å²) in [6, 6.07) is 16.2. The highest BCUT2D eigenvalue weighted by Crippen LogP contribution is 2.30. The van der Waals surface area contributed by atoms with Crippen molar-refractivity contribution in [1.82, 2.24) is 23.1 Å². The van der Waals surface area contributed by atoms with E-state index in [1.165, 1.54) is 14.7 Å². The Morgan fingerprint density at radius 2 is 1.81 bits per heavy atom. The Kier molecular flexibility index (Phi) is 4.48. The first-order valence-corrected chi connectivity index (χ1v) is 10.4. The smallest absolute Gasteiger partial charge is 0.279 e. The van der Waals surface area contributed by atoms with E-state index in [0.717, 1.165) is 22.5 Å². The Labute approximate surface area is 184 Å². The minimum atomic E-state index is -0.412. The summed E-state index contributed by atoms with van der Waals surface area (Å²) in [5.41, 5.74) is 5.06. The highest BCUT2D eigenvalue weighted by atomic mass is 16.2. The molecule has 2 aromatic carbocycles. The Hall–Kier alpha value is -4.13. The fourth-order valence-corrected chi connectivity index (χ4v) is 4.29. The maximum absolute atomic E-state index is 13.3. The van der Waals surface area contributed by atoms with Crippen LogP contribution in [0.25, 0.3) is 33.9 Å². The van der Waals surface area contributed by atoms with Crippen molar-refractivity contribution in [3.63, 3.8) is 0 Å². The van der Waals surface area contributed by atoms with E-state index < -0.39 is 5.69 Å². The molecular weight excluding hydrogens is 402 g/mol. The SMILES string of the molecule is C=CCn1c(=O)c2c(nc3n(-c4ccc(C)cc4C)c(-c4ccccc4)cn23)n(C)c1=O. The summed E-state index contributed by atoms with van der Waals surface area (Å²) in [6.45, 7) is 7.93. The number of hydrogen-bond donors (Lipinski definition) is 0. The molecule has 0 amide bonds. The van der Waals surface area contributed by atoms with Gasteiger partial charge in [-0.15, -0.1) is 6.58 Å². The van der Waals surface area contributed by atoms with Crippen LogP contribution in [0.3, 0.4) is 0 Å². The second-order valence-electron chi connectivity index (χ2n) is 8.01. The molecule has 0 aliphatic carbocycles. The van der Waals surface area contributed by atoms with Gasteiger partial charge in [0, 0.05) is 25.4 Å². The quantitative estimate of drug-likeness (QED) is 0.413. The van der Waals surface area contributed by atoms with E-state index in [0.29, 0.717) is 16.9 Å². The predicted molar refractivity (Wildman–Crippen MR) is 127 cm³/mol. The molecule has 7 nitrogen and oxygen atoms in total. The van der Waals surface area contributed by atoms with Gasteiger partial charge in [-0.1, -0.05) is 54.1 Å². The average molecular weight is 425 g/mol. The van der Waals surface area contributed by atoms with Crippen molar-refractivity contribution >= 4 is 16.9 Å². The van der Waals surface area contributed by atoms with Crippen LogP contribution < -0.4 is 11.2 Å². The molecule has 0 N–H and O–H groups in total. The number of aryl methyl sites for hydroxylation is 3. The van der Waals surface area contributed by atoms with E-state index in [-0.39, 0.29) is 12.1 Å². The number of imidazole rings is 2. The number of fused-ring (bicyclic) bond motifs is 3. The molecule has 0 aliphatic heterocycles. The molecule has 0 fully saturated rings. The Morgan fingerprint density at radius 3 is 2.50 bits per heavy atom. The first kappa shape index (κ1) is 19.8. The van der Waals surface area contributed by atoms with Crippen LogP contribution in [0.15, 0.2) is 77.0 Å². The van der Waals surface area contributed by atoms with Gasteiger partial charge in [0.25, 0.3) is 5.56 Å². The van der Waals surface area contributed by atoms with Crippen LogP contribution in [0.1, 0.15) is 11.1 Å². The molecule has 32 heavy (non-hydrogen) atoms. The van der Waals surface area contributed by atoms with Gasteiger partial charge in [-0.2, -0.15) is 4.98 Å². The zero-order valence-electron chi connectivity index (χ0n) is 18.2. The van der Waals surface area contributed by atoms with Crippen LogP contribution in [0.2, 0.25) is 0 Å². The number of allylic oxidation sites excluding steroid dienone is 1. The Morgan fingerprint density at radius 1 is 1.06 bits per heavy atom. The van der Waals surface area contributed by atoms with Gasteiger partial charge < -0.3 is 0 Å². The molecule has 3 aromatic heterocycles. The van der Waals surface area contributed by atoms with Crippen molar-refractivity contribution < 1.29 is 0 Å². The van der Waals surface area contributed by atoms with Crippen LogP contribution in [0.5, 0.6) is 0 Å². The first-order chi connectivity index (χ1) is 15.4. The molecule has 0 spiro atoms. The van der Waals surface area contributed by atoms with Gasteiger partial charge in [-0.05, 0) is 25.5 Å². The lowest BCUT2D eigenvalue weighted by atomic mass is 10.1. The van der Waals surface area contributed by atoms with Gasteiger partial charge in [-0.3, -0.25) is 22.9 Å². The second kappa shape index (κ2) is 7.23. The van der Waals surface area contributed by atoms with Gasteiger partial charge in [0.2, 0.25) is 5.78 Å². The molecule has 0 aliphatic rings. The molecule has 0 bridgehead atoms. The van der Waals surface area contributed by atoms with Crippen molar-refractivity contribution in [2.75, 3.05) is 0 Å². The largest absolute Gasteiger partial charge is 0.332 e. The lowest BCUT2D eigenvalue weighted by Crippen LogP contribution is -2.39. The summed E-state index contributed by atoms with van der Waals surface area (Å²) >= 11 is 0. The molecule has 0 saturated carbocycles. The van der Waals surface area contributed by atoms with Gasteiger partial charge in [0.1, 0.15) is 0 Å². The van der Waals surface area contributed by atoms with E-state index in [9.17, 15) is 9.59 Å². The zero-order valence-corrected chi connectivity index (χ0v) is 18.2. The van der Waals surface area contributed by atoms with Gasteiger partial charge in [-0.25, -0.2) is 4.79 Å². The van der Waals surface area contributed by atoms with E-state index in [1.807, 2.05) is 41.1 Å². The van der Waals surface area contributed by atoms with E-state index in [2.05, 4.69) is 38.6 Å². The predicted octanol–water partition coefficient (Wildman–Crippen LogP) is 3.61. The standard InChI is InChI=1S/C25H23N5O2/c1-5-13-28-23(31)21-22(27(4)25(28)32)26-24-29(21)15-20(18-9-7-6-8-10-18)30(24)19-12-11-16(2)14-17(19)3/h5-12,14-15H,1,13H2,2-4H3.